The molecule has 0 aromatic heterocycles. The highest BCUT2D eigenvalue weighted by Crippen LogP contribution is 2.18. The number of rotatable bonds is 5. The summed E-state index contributed by atoms with van der Waals surface area (Å²) in [5, 5.41) is 2.88. The summed E-state index contributed by atoms with van der Waals surface area (Å²) in [6.45, 7) is 4.79. The van der Waals surface area contributed by atoms with Crippen LogP contribution in [-0.4, -0.2) is 57.4 Å². The highest BCUT2D eigenvalue weighted by atomic mass is 32.2. The predicted octanol–water partition coefficient (Wildman–Crippen LogP) is 0.124. The number of amides is 1. The second-order valence-corrected chi connectivity index (χ2v) is 7.85. The molecule has 0 radical (unpaired) electrons. The van der Waals surface area contributed by atoms with Crippen molar-refractivity contribution < 1.29 is 13.2 Å². The van der Waals surface area contributed by atoms with E-state index in [-0.39, 0.29) is 29.4 Å². The first-order valence-electron chi connectivity index (χ1n) is 6.37. The molecule has 0 spiro atoms. The highest BCUT2D eigenvalue weighted by Gasteiger charge is 2.33. The molecule has 0 saturated carbocycles. The van der Waals surface area contributed by atoms with Gasteiger partial charge < -0.3 is 10.2 Å². The largest absolute Gasteiger partial charge is 0.354 e. The molecule has 6 heteroatoms. The molecular formula is C12H24N2O3S. The van der Waals surface area contributed by atoms with E-state index in [1.165, 1.54) is 0 Å². The first-order valence-corrected chi connectivity index (χ1v) is 8.19. The zero-order chi connectivity index (χ0) is 13.9. The molecule has 1 heterocycles. The summed E-state index contributed by atoms with van der Waals surface area (Å²) >= 11 is 0. The van der Waals surface area contributed by atoms with Crippen LogP contribution in [0.1, 0.15) is 20.3 Å². The molecule has 1 aliphatic rings. The Labute approximate surface area is 110 Å². The summed E-state index contributed by atoms with van der Waals surface area (Å²) in [6.07, 6.45) is 0.461. The zero-order valence-corrected chi connectivity index (χ0v) is 12.5. The number of hydrogen-bond acceptors (Lipinski definition) is 4. The molecule has 0 aromatic carbocycles. The van der Waals surface area contributed by atoms with Crippen LogP contribution in [0.5, 0.6) is 0 Å². The number of nitrogens with one attached hydrogen (secondary N) is 1. The lowest BCUT2D eigenvalue weighted by Crippen LogP contribution is -2.45. The van der Waals surface area contributed by atoms with Crippen LogP contribution in [0.25, 0.3) is 0 Å². The number of nitrogens with zero attached hydrogens (tertiary/aromatic N) is 1. The second-order valence-electron chi connectivity index (χ2n) is 5.62. The molecule has 1 saturated heterocycles. The number of sulfone groups is 1. The summed E-state index contributed by atoms with van der Waals surface area (Å²) in [7, 11) is 0.983. The maximum absolute atomic E-state index is 11.9. The first kappa shape index (κ1) is 15.4. The van der Waals surface area contributed by atoms with Gasteiger partial charge in [-0.2, -0.15) is 0 Å². The van der Waals surface area contributed by atoms with Gasteiger partial charge in [0.15, 0.2) is 9.84 Å². The average Bonchev–Trinajstić information content (AvgIpc) is 2.57. The van der Waals surface area contributed by atoms with E-state index >= 15 is 0 Å². The molecular weight excluding hydrogens is 252 g/mol. The van der Waals surface area contributed by atoms with Gasteiger partial charge in [-0.15, -0.1) is 0 Å². The quantitative estimate of drug-likeness (QED) is 0.775. The van der Waals surface area contributed by atoms with E-state index in [4.69, 9.17) is 0 Å². The summed E-state index contributed by atoms with van der Waals surface area (Å²) < 4.78 is 22.6. The average molecular weight is 276 g/mol. The van der Waals surface area contributed by atoms with Crippen LogP contribution >= 0.6 is 0 Å². The zero-order valence-electron chi connectivity index (χ0n) is 11.6. The predicted molar refractivity (Wildman–Crippen MR) is 72.1 cm³/mol. The van der Waals surface area contributed by atoms with E-state index in [0.29, 0.717) is 18.9 Å². The molecule has 1 N–H and O–H groups in total. The molecule has 1 rings (SSSR count). The maximum atomic E-state index is 11.9. The van der Waals surface area contributed by atoms with E-state index in [9.17, 15) is 13.2 Å². The number of carbonyl (C=O) groups excluding carboxylic acids is 1. The maximum Gasteiger partial charge on any atom is 0.224 e. The molecule has 2 atom stereocenters. The van der Waals surface area contributed by atoms with Crippen molar-refractivity contribution >= 4 is 15.7 Å². The highest BCUT2D eigenvalue weighted by molar-refractivity contribution is 7.91. The van der Waals surface area contributed by atoms with Crippen molar-refractivity contribution in [3.8, 4) is 0 Å². The van der Waals surface area contributed by atoms with E-state index < -0.39 is 9.84 Å². The monoisotopic (exact) mass is 276 g/mol. The Morgan fingerprint density at radius 2 is 2.00 bits per heavy atom. The molecule has 0 aromatic rings. The van der Waals surface area contributed by atoms with Gasteiger partial charge >= 0.3 is 0 Å². The summed E-state index contributed by atoms with van der Waals surface area (Å²) in [6, 6.07) is 0.270. The van der Waals surface area contributed by atoms with Gasteiger partial charge in [-0.25, -0.2) is 8.42 Å². The van der Waals surface area contributed by atoms with Gasteiger partial charge in [0.1, 0.15) is 0 Å². The van der Waals surface area contributed by atoms with E-state index in [1.807, 2.05) is 14.1 Å². The van der Waals surface area contributed by atoms with Crippen LogP contribution in [0.2, 0.25) is 0 Å². The minimum atomic E-state index is -2.98. The molecule has 18 heavy (non-hydrogen) atoms. The van der Waals surface area contributed by atoms with Crippen molar-refractivity contribution in [2.24, 2.45) is 11.8 Å². The third-order valence-corrected chi connectivity index (χ3v) is 5.29. The van der Waals surface area contributed by atoms with Gasteiger partial charge in [0.25, 0.3) is 0 Å². The number of hydrogen-bond donors (Lipinski definition) is 1. The summed E-state index contributed by atoms with van der Waals surface area (Å²) in [5.74, 6) is 0.112. The Kier molecular flexibility index (Phi) is 5.16. The third kappa shape index (κ3) is 4.24. The van der Waals surface area contributed by atoms with Crippen molar-refractivity contribution in [2.75, 3.05) is 32.1 Å². The fourth-order valence-corrected chi connectivity index (χ4v) is 4.11. The van der Waals surface area contributed by atoms with Crippen molar-refractivity contribution in [3.63, 3.8) is 0 Å². The Morgan fingerprint density at radius 3 is 2.39 bits per heavy atom. The molecule has 0 unspecified atom stereocenters. The Hall–Kier alpha value is -0.620. The standard InChI is InChI=1S/C12H24N2O3S/c1-9(2)11(14(3)4)7-13-12(15)10-5-6-18(16,17)8-10/h9-11H,5-8H2,1-4H3,(H,13,15)/t10-,11+/m1/s1. The lowest BCUT2D eigenvalue weighted by Gasteiger charge is -2.28. The fourth-order valence-electron chi connectivity index (χ4n) is 2.37. The van der Waals surface area contributed by atoms with Gasteiger partial charge in [0.05, 0.1) is 17.4 Å². The number of carbonyl (C=O) groups is 1. The topological polar surface area (TPSA) is 66.5 Å². The molecule has 0 aliphatic carbocycles. The number of likely N-dealkylation sites (N-methyl/N-ethyl adjacent to an activating group) is 1. The van der Waals surface area contributed by atoms with Gasteiger partial charge in [0.2, 0.25) is 5.91 Å². The smallest absolute Gasteiger partial charge is 0.224 e. The van der Waals surface area contributed by atoms with Crippen LogP contribution in [0.15, 0.2) is 0 Å². The van der Waals surface area contributed by atoms with E-state index in [2.05, 4.69) is 24.1 Å². The van der Waals surface area contributed by atoms with Crippen LogP contribution < -0.4 is 5.32 Å². The van der Waals surface area contributed by atoms with Gasteiger partial charge in [0, 0.05) is 12.6 Å². The minimum absolute atomic E-state index is 0.00709. The van der Waals surface area contributed by atoms with Gasteiger partial charge in [-0.05, 0) is 26.4 Å². The molecule has 1 fully saturated rings. The minimum Gasteiger partial charge on any atom is -0.354 e. The van der Waals surface area contributed by atoms with Crippen molar-refractivity contribution in [1.29, 1.82) is 0 Å². The molecule has 0 bridgehead atoms. The Balaban J connectivity index is 2.46. The summed E-state index contributed by atoms with van der Waals surface area (Å²) in [4.78, 5) is 14.0. The van der Waals surface area contributed by atoms with Gasteiger partial charge in [-0.1, -0.05) is 13.8 Å². The van der Waals surface area contributed by atoms with Crippen molar-refractivity contribution in [2.45, 2.75) is 26.3 Å². The molecule has 106 valence electrons. The first-order chi connectivity index (χ1) is 8.23. The van der Waals surface area contributed by atoms with Gasteiger partial charge in [-0.3, -0.25) is 4.79 Å². The normalized spacial score (nSPS) is 24.4. The third-order valence-electron chi connectivity index (χ3n) is 3.52. The van der Waals surface area contributed by atoms with Crippen LogP contribution in [0.3, 0.4) is 0 Å². The van der Waals surface area contributed by atoms with Crippen LogP contribution in [-0.2, 0) is 14.6 Å². The molecule has 5 nitrogen and oxygen atoms in total. The van der Waals surface area contributed by atoms with E-state index in [1.54, 1.807) is 0 Å². The Bertz CT molecular complexity index is 382. The fraction of sp³-hybridized carbons (Fsp3) is 0.917. The van der Waals surface area contributed by atoms with Crippen molar-refractivity contribution in [1.82, 2.24) is 10.2 Å². The SMILES string of the molecule is CC(C)[C@H](CNC(=O)[C@@H]1CCS(=O)(=O)C1)N(C)C. The van der Waals surface area contributed by atoms with Crippen LogP contribution in [0, 0.1) is 11.8 Å². The van der Waals surface area contributed by atoms with E-state index in [0.717, 1.165) is 0 Å². The van der Waals surface area contributed by atoms with Crippen LogP contribution in [0.4, 0.5) is 0 Å². The summed E-state index contributed by atoms with van der Waals surface area (Å²) in [5.41, 5.74) is 0. The molecule has 1 aliphatic heterocycles. The lowest BCUT2D eigenvalue weighted by atomic mass is 10.0. The lowest BCUT2D eigenvalue weighted by molar-refractivity contribution is -0.124. The second kappa shape index (κ2) is 6.02. The molecule has 1 amide bonds. The van der Waals surface area contributed by atoms with Crippen molar-refractivity contribution in [3.05, 3.63) is 0 Å². The Morgan fingerprint density at radius 1 is 1.39 bits per heavy atom.